The monoisotopic (exact) mass is 496 g/mol. The Morgan fingerprint density at radius 3 is 1.28 bits per heavy atom. The summed E-state index contributed by atoms with van der Waals surface area (Å²) in [6.07, 6.45) is 0. The second kappa shape index (κ2) is 8.63. The van der Waals surface area contributed by atoms with Crippen molar-refractivity contribution < 1.29 is 28.9 Å². The lowest BCUT2D eigenvalue weighted by Gasteiger charge is -2.21. The summed E-state index contributed by atoms with van der Waals surface area (Å²) in [6, 6.07) is 10.4. The maximum atomic E-state index is 13.4. The van der Waals surface area contributed by atoms with Gasteiger partial charge in [-0.2, -0.15) is 0 Å². The summed E-state index contributed by atoms with van der Waals surface area (Å²) in [6.45, 7) is 7.40. The molecule has 0 saturated carbocycles. The van der Waals surface area contributed by atoms with E-state index in [0.29, 0.717) is 0 Å². The van der Waals surface area contributed by atoms with Crippen molar-refractivity contribution in [3.8, 4) is 0 Å². The number of ether oxygens (including phenoxy) is 2. The van der Waals surface area contributed by atoms with Gasteiger partial charge in [0.15, 0.2) is 0 Å². The number of non-ortho nitro benzene ring substituents is 2. The predicted molar refractivity (Wildman–Crippen MR) is 126 cm³/mol. The number of hydrogen-bond acceptors (Lipinski definition) is 8. The van der Waals surface area contributed by atoms with Crippen molar-refractivity contribution in [2.45, 2.75) is 38.9 Å². The molecule has 0 aromatic heterocycles. The number of nitro groups is 2. The highest BCUT2D eigenvalue weighted by atomic mass is 16.6. The Morgan fingerprint density at radius 2 is 1.00 bits per heavy atom. The van der Waals surface area contributed by atoms with Gasteiger partial charge in [0.05, 0.1) is 22.9 Å². The number of nitro benzene ring substituents is 2. The molecule has 0 aliphatic carbocycles. The summed E-state index contributed by atoms with van der Waals surface area (Å²) in [5.74, 6) is -0.864. The van der Waals surface area contributed by atoms with Crippen molar-refractivity contribution in [1.82, 2.24) is 9.80 Å². The summed E-state index contributed by atoms with van der Waals surface area (Å²) in [5.41, 5.74) is -1.52. The van der Waals surface area contributed by atoms with E-state index in [2.05, 4.69) is 0 Å². The average Bonchev–Trinajstić information content (AvgIpc) is 3.33. The predicted octanol–water partition coefficient (Wildman–Crippen LogP) is 3.83. The molecule has 2 aliphatic heterocycles. The number of carbonyl (C=O) groups excluding carboxylic acids is 2. The van der Waals surface area contributed by atoms with Crippen LogP contribution in [-0.4, -0.2) is 55.8 Å². The van der Waals surface area contributed by atoms with Crippen LogP contribution in [0.3, 0.4) is 0 Å². The first-order valence-electron chi connectivity index (χ1n) is 11.0. The molecule has 0 radical (unpaired) electrons. The maximum absolute atomic E-state index is 13.4. The SMILES string of the molecule is CC1(C)CN(C(=O)c2ccc([N+](=O)[O-])cc2)/C(=C2\OC(C)(C)CN2C(=O)c2ccc([N+](=O)[O-])cc2)O1. The second-order valence-electron chi connectivity index (χ2n) is 9.72. The van der Waals surface area contributed by atoms with Gasteiger partial charge in [0.1, 0.15) is 11.2 Å². The van der Waals surface area contributed by atoms with Crippen molar-refractivity contribution in [3.63, 3.8) is 0 Å². The summed E-state index contributed by atoms with van der Waals surface area (Å²) < 4.78 is 12.2. The van der Waals surface area contributed by atoms with Gasteiger partial charge < -0.3 is 9.47 Å². The number of nitrogens with zero attached hydrogens (tertiary/aromatic N) is 4. The summed E-state index contributed by atoms with van der Waals surface area (Å²) in [5, 5.41) is 21.9. The molecule has 2 amide bonds. The molecule has 0 atom stereocenters. The molecule has 2 aromatic rings. The van der Waals surface area contributed by atoms with E-state index in [1.165, 1.54) is 58.3 Å². The quantitative estimate of drug-likeness (QED) is 0.458. The van der Waals surface area contributed by atoms with Crippen LogP contribution in [0.4, 0.5) is 11.4 Å². The molecule has 0 unspecified atom stereocenters. The summed E-state index contributed by atoms with van der Waals surface area (Å²) >= 11 is 0. The highest BCUT2D eigenvalue weighted by Gasteiger charge is 2.48. The van der Waals surface area contributed by atoms with Crippen LogP contribution in [0.1, 0.15) is 48.4 Å². The third-order valence-electron chi connectivity index (χ3n) is 5.64. The molecule has 12 heteroatoms. The Bertz CT molecular complexity index is 1180. The van der Waals surface area contributed by atoms with Gasteiger partial charge in [-0.05, 0) is 52.0 Å². The molecule has 36 heavy (non-hydrogen) atoms. The first-order chi connectivity index (χ1) is 16.8. The van der Waals surface area contributed by atoms with E-state index >= 15 is 0 Å². The van der Waals surface area contributed by atoms with Gasteiger partial charge in [0.2, 0.25) is 0 Å². The van der Waals surface area contributed by atoms with Crippen molar-refractivity contribution in [1.29, 1.82) is 0 Å². The fourth-order valence-electron chi connectivity index (χ4n) is 4.01. The minimum absolute atomic E-state index is 0.0455. The van der Waals surface area contributed by atoms with Crippen LogP contribution in [0.5, 0.6) is 0 Å². The zero-order valence-electron chi connectivity index (χ0n) is 20.1. The summed E-state index contributed by atoms with van der Waals surface area (Å²) in [4.78, 5) is 50.3. The highest BCUT2D eigenvalue weighted by molar-refractivity contribution is 5.97. The normalized spacial score (nSPS) is 20.0. The minimum atomic E-state index is -0.809. The van der Waals surface area contributed by atoms with Gasteiger partial charge in [0, 0.05) is 35.4 Å². The zero-order chi connectivity index (χ0) is 26.4. The molecule has 188 valence electrons. The number of amides is 2. The van der Waals surface area contributed by atoms with Gasteiger partial charge in [-0.1, -0.05) is 0 Å². The second-order valence-corrected chi connectivity index (χ2v) is 9.72. The minimum Gasteiger partial charge on any atom is -0.467 e. The molecule has 0 bridgehead atoms. The molecule has 2 heterocycles. The topological polar surface area (TPSA) is 145 Å². The van der Waals surface area contributed by atoms with Crippen molar-refractivity contribution in [3.05, 3.63) is 91.7 Å². The van der Waals surface area contributed by atoms with Crippen LogP contribution in [0.2, 0.25) is 0 Å². The highest BCUT2D eigenvalue weighted by Crippen LogP contribution is 2.39. The van der Waals surface area contributed by atoms with Crippen molar-refractivity contribution in [2.24, 2.45) is 0 Å². The molecular weight excluding hydrogens is 472 g/mol. The molecule has 12 nitrogen and oxygen atoms in total. The smallest absolute Gasteiger partial charge is 0.269 e. The fraction of sp³-hybridized carbons (Fsp3) is 0.333. The van der Waals surface area contributed by atoms with Gasteiger partial charge in [-0.3, -0.25) is 39.6 Å². The van der Waals surface area contributed by atoms with Crippen LogP contribution in [0, 0.1) is 20.2 Å². The molecule has 0 N–H and O–H groups in total. The van der Waals surface area contributed by atoms with Crippen molar-refractivity contribution >= 4 is 23.2 Å². The lowest BCUT2D eigenvalue weighted by Crippen LogP contribution is -2.35. The maximum Gasteiger partial charge on any atom is 0.269 e. The molecule has 2 saturated heterocycles. The van der Waals surface area contributed by atoms with Gasteiger partial charge in [-0.25, -0.2) is 0 Å². The van der Waals surface area contributed by atoms with E-state index in [-0.39, 0.29) is 47.4 Å². The number of carbonyl (C=O) groups is 2. The largest absolute Gasteiger partial charge is 0.467 e. The van der Waals surface area contributed by atoms with E-state index in [9.17, 15) is 29.8 Å². The Labute approximate surface area is 206 Å². The van der Waals surface area contributed by atoms with E-state index in [0.717, 1.165) is 0 Å². The average molecular weight is 496 g/mol. The van der Waals surface area contributed by atoms with Crippen LogP contribution in [0.15, 0.2) is 60.3 Å². The van der Waals surface area contributed by atoms with Gasteiger partial charge in [-0.15, -0.1) is 0 Å². The number of hydrogen-bond donors (Lipinski definition) is 0. The summed E-state index contributed by atoms with van der Waals surface area (Å²) in [7, 11) is 0. The third-order valence-corrected chi connectivity index (χ3v) is 5.64. The third kappa shape index (κ3) is 4.69. The number of benzene rings is 2. The molecule has 4 rings (SSSR count). The molecule has 2 aromatic carbocycles. The van der Waals surface area contributed by atoms with Crippen LogP contribution < -0.4 is 0 Å². The Kier molecular flexibility index (Phi) is 5.91. The first kappa shape index (κ1) is 24.6. The Balaban J connectivity index is 1.73. The Hall–Kier alpha value is -4.48. The number of rotatable bonds is 4. The van der Waals surface area contributed by atoms with Crippen LogP contribution in [0.25, 0.3) is 0 Å². The fourth-order valence-corrected chi connectivity index (χ4v) is 4.01. The van der Waals surface area contributed by atoms with Crippen LogP contribution >= 0.6 is 0 Å². The molecule has 2 aliphatic rings. The lowest BCUT2D eigenvalue weighted by atomic mass is 10.1. The van der Waals surface area contributed by atoms with Crippen LogP contribution in [-0.2, 0) is 9.47 Å². The zero-order valence-corrected chi connectivity index (χ0v) is 20.1. The van der Waals surface area contributed by atoms with E-state index in [1.54, 1.807) is 27.7 Å². The molecular formula is C24H24N4O8. The first-order valence-corrected chi connectivity index (χ1v) is 11.0. The van der Waals surface area contributed by atoms with Crippen molar-refractivity contribution in [2.75, 3.05) is 13.1 Å². The van der Waals surface area contributed by atoms with E-state index < -0.39 is 32.9 Å². The van der Waals surface area contributed by atoms with E-state index in [4.69, 9.17) is 9.47 Å². The van der Waals surface area contributed by atoms with Gasteiger partial charge >= 0.3 is 0 Å². The molecule has 0 spiro atoms. The standard InChI is InChI=1S/C24H24N4O8/c1-23(2)13-25(19(29)15-5-9-17(10-6-15)27(31)32)21(35-23)22-26(14-24(3,4)36-22)20(30)16-7-11-18(12-8-16)28(33)34/h5-12H,13-14H2,1-4H3/b22-21+. The van der Waals surface area contributed by atoms with Gasteiger partial charge in [0.25, 0.3) is 35.0 Å². The lowest BCUT2D eigenvalue weighted by molar-refractivity contribution is -0.385. The Morgan fingerprint density at radius 1 is 0.694 bits per heavy atom. The molecule has 2 fully saturated rings. The van der Waals surface area contributed by atoms with E-state index in [1.807, 2.05) is 0 Å².